The molecule has 0 aliphatic rings. The Morgan fingerprint density at radius 2 is 1.80 bits per heavy atom. The molecule has 3 N–H and O–H groups in total. The van der Waals surface area contributed by atoms with E-state index < -0.39 is 0 Å². The van der Waals surface area contributed by atoms with Gasteiger partial charge in [0.25, 0.3) is 0 Å². The van der Waals surface area contributed by atoms with Gasteiger partial charge in [0.1, 0.15) is 11.3 Å². The predicted octanol–water partition coefficient (Wildman–Crippen LogP) is 4.12. The number of aromatic nitrogens is 4. The number of ether oxygens (including phenoxy) is 2. The van der Waals surface area contributed by atoms with Crippen LogP contribution in [0.15, 0.2) is 60.9 Å². The van der Waals surface area contributed by atoms with Gasteiger partial charge in [-0.05, 0) is 29.8 Å². The van der Waals surface area contributed by atoms with E-state index in [0.29, 0.717) is 37.2 Å². The highest BCUT2D eigenvalue weighted by Crippen LogP contribution is 2.23. The van der Waals surface area contributed by atoms with Crippen LogP contribution in [0.4, 0.5) is 17.5 Å². The minimum absolute atomic E-state index is 0.471. The summed E-state index contributed by atoms with van der Waals surface area (Å²) in [5.74, 6) is 1.98. The van der Waals surface area contributed by atoms with Gasteiger partial charge in [-0.3, -0.25) is 0 Å². The van der Waals surface area contributed by atoms with Crippen LogP contribution in [0.1, 0.15) is 12.0 Å². The van der Waals surface area contributed by atoms with Crippen LogP contribution in [0.2, 0.25) is 0 Å². The lowest BCUT2D eigenvalue weighted by molar-refractivity contribution is 0.172. The molecule has 154 valence electrons. The van der Waals surface area contributed by atoms with Gasteiger partial charge in [-0.15, -0.1) is 0 Å². The van der Waals surface area contributed by atoms with Gasteiger partial charge in [0.05, 0.1) is 12.9 Å². The van der Waals surface area contributed by atoms with Crippen molar-refractivity contribution in [3.05, 3.63) is 66.5 Å². The summed E-state index contributed by atoms with van der Waals surface area (Å²) in [6.45, 7) is 1.96. The largest absolute Gasteiger partial charge is 0.494 e. The van der Waals surface area contributed by atoms with Crippen LogP contribution in [0, 0.1) is 0 Å². The minimum atomic E-state index is 0.471. The zero-order valence-corrected chi connectivity index (χ0v) is 16.8. The van der Waals surface area contributed by atoms with Crippen molar-refractivity contribution >= 4 is 28.6 Å². The number of methoxy groups -OCH3 is 1. The van der Waals surface area contributed by atoms with E-state index in [9.17, 15) is 0 Å². The van der Waals surface area contributed by atoms with Gasteiger partial charge < -0.3 is 25.1 Å². The molecule has 2 aromatic carbocycles. The molecule has 0 aliphatic heterocycles. The second kappa shape index (κ2) is 9.71. The third kappa shape index (κ3) is 5.03. The number of benzene rings is 2. The summed E-state index contributed by atoms with van der Waals surface area (Å²) in [6.07, 6.45) is 2.47. The molecule has 2 heterocycles. The second-order valence-electron chi connectivity index (χ2n) is 6.68. The van der Waals surface area contributed by atoms with Gasteiger partial charge >= 0.3 is 0 Å². The van der Waals surface area contributed by atoms with Crippen molar-refractivity contribution < 1.29 is 9.47 Å². The van der Waals surface area contributed by atoms with E-state index in [2.05, 4.69) is 42.7 Å². The molecule has 2 aromatic heterocycles. The Bertz CT molecular complexity index is 1070. The number of hydrogen-bond acceptors (Lipinski definition) is 7. The molecule has 0 bridgehead atoms. The number of H-pyrrole nitrogens is 1. The Balaban J connectivity index is 1.45. The van der Waals surface area contributed by atoms with E-state index >= 15 is 0 Å². The molecule has 30 heavy (non-hydrogen) atoms. The Labute approximate surface area is 174 Å². The number of hydrogen-bond donors (Lipinski definition) is 3. The molecule has 0 atom stereocenters. The first kappa shape index (κ1) is 19.7. The van der Waals surface area contributed by atoms with Crippen molar-refractivity contribution in [2.75, 3.05) is 31.0 Å². The molecule has 8 heteroatoms. The summed E-state index contributed by atoms with van der Waals surface area (Å²) in [5.41, 5.74) is 3.40. The number of imidazole rings is 1. The van der Waals surface area contributed by atoms with Crippen molar-refractivity contribution in [3.8, 4) is 5.75 Å². The maximum atomic E-state index is 5.69. The average Bonchev–Trinajstić information content (AvgIpc) is 3.26. The summed E-state index contributed by atoms with van der Waals surface area (Å²) in [6, 6.07) is 17.8. The highest BCUT2D eigenvalue weighted by Gasteiger charge is 2.10. The van der Waals surface area contributed by atoms with Crippen LogP contribution in [0.5, 0.6) is 5.75 Å². The van der Waals surface area contributed by atoms with Gasteiger partial charge in [0, 0.05) is 32.4 Å². The topological polar surface area (TPSA) is 97.0 Å². The molecule has 0 unspecified atom stereocenters. The number of rotatable bonds is 10. The molecule has 4 rings (SSSR count). The molecular weight excluding hydrogens is 380 g/mol. The van der Waals surface area contributed by atoms with Crippen LogP contribution in [0.25, 0.3) is 11.2 Å². The van der Waals surface area contributed by atoms with Crippen LogP contribution < -0.4 is 15.4 Å². The van der Waals surface area contributed by atoms with Crippen molar-refractivity contribution in [3.63, 3.8) is 0 Å². The maximum Gasteiger partial charge on any atom is 0.231 e. The molecule has 0 spiro atoms. The fraction of sp³-hybridized carbons (Fsp3) is 0.227. The monoisotopic (exact) mass is 404 g/mol. The van der Waals surface area contributed by atoms with Crippen LogP contribution in [0.3, 0.4) is 0 Å². The summed E-state index contributed by atoms with van der Waals surface area (Å²) in [4.78, 5) is 16.5. The van der Waals surface area contributed by atoms with Crippen molar-refractivity contribution in [1.29, 1.82) is 0 Å². The molecule has 8 nitrogen and oxygen atoms in total. The highest BCUT2D eigenvalue weighted by molar-refractivity contribution is 5.84. The normalized spacial score (nSPS) is 10.8. The number of anilines is 3. The first-order chi connectivity index (χ1) is 14.8. The molecule has 0 radical (unpaired) electrons. The zero-order valence-electron chi connectivity index (χ0n) is 16.8. The Morgan fingerprint density at radius 3 is 2.60 bits per heavy atom. The molecule has 0 saturated heterocycles. The predicted molar refractivity (Wildman–Crippen MR) is 117 cm³/mol. The average molecular weight is 404 g/mol. The van der Waals surface area contributed by atoms with Crippen molar-refractivity contribution in [2.45, 2.75) is 13.0 Å². The lowest BCUT2D eigenvalue weighted by Crippen LogP contribution is -2.06. The Morgan fingerprint density at radius 1 is 0.967 bits per heavy atom. The molecule has 0 aliphatic carbocycles. The van der Waals surface area contributed by atoms with Crippen LogP contribution >= 0.6 is 0 Å². The van der Waals surface area contributed by atoms with E-state index in [0.717, 1.165) is 23.4 Å². The van der Waals surface area contributed by atoms with E-state index in [1.807, 2.05) is 42.5 Å². The van der Waals surface area contributed by atoms with Gasteiger partial charge in [-0.25, -0.2) is 4.98 Å². The third-order valence-corrected chi connectivity index (χ3v) is 4.46. The Kier molecular flexibility index (Phi) is 6.36. The van der Waals surface area contributed by atoms with Gasteiger partial charge in [-0.2, -0.15) is 9.97 Å². The molecular formula is C22H24N6O2. The van der Waals surface area contributed by atoms with E-state index in [1.165, 1.54) is 5.56 Å². The maximum absolute atomic E-state index is 5.69. The number of nitrogens with zero attached hydrogens (tertiary/aromatic N) is 3. The smallest absolute Gasteiger partial charge is 0.231 e. The summed E-state index contributed by atoms with van der Waals surface area (Å²) >= 11 is 0. The van der Waals surface area contributed by atoms with E-state index in [4.69, 9.17) is 9.47 Å². The first-order valence-electron chi connectivity index (χ1n) is 9.79. The third-order valence-electron chi connectivity index (χ3n) is 4.46. The van der Waals surface area contributed by atoms with Crippen molar-refractivity contribution in [1.82, 2.24) is 19.9 Å². The van der Waals surface area contributed by atoms with E-state index in [-0.39, 0.29) is 0 Å². The fourth-order valence-corrected chi connectivity index (χ4v) is 2.96. The van der Waals surface area contributed by atoms with E-state index in [1.54, 1.807) is 13.4 Å². The number of aromatic amines is 1. The second-order valence-corrected chi connectivity index (χ2v) is 6.68. The quantitative estimate of drug-likeness (QED) is 0.342. The summed E-state index contributed by atoms with van der Waals surface area (Å²) in [7, 11) is 1.69. The van der Waals surface area contributed by atoms with Crippen LogP contribution in [-0.4, -0.2) is 40.3 Å². The van der Waals surface area contributed by atoms with Crippen LogP contribution in [-0.2, 0) is 11.3 Å². The van der Waals surface area contributed by atoms with Gasteiger partial charge in [0.15, 0.2) is 11.5 Å². The minimum Gasteiger partial charge on any atom is -0.494 e. The van der Waals surface area contributed by atoms with Crippen molar-refractivity contribution in [2.24, 2.45) is 0 Å². The lowest BCUT2D eigenvalue weighted by atomic mass is 10.2. The Hall–Kier alpha value is -3.65. The number of nitrogens with one attached hydrogen (secondary N) is 3. The fourth-order valence-electron chi connectivity index (χ4n) is 2.96. The first-order valence-corrected chi connectivity index (χ1v) is 9.79. The van der Waals surface area contributed by atoms with Gasteiger partial charge in [-0.1, -0.05) is 30.3 Å². The molecule has 0 amide bonds. The standard InChI is InChI=1S/C22H24N6O2/c1-29-12-5-13-30-18-10-8-17(9-11-18)26-22-27-20(19-21(28-22)25-15-24-19)23-14-16-6-3-2-4-7-16/h2-4,6-11,15H,5,12-14H2,1H3,(H3,23,24,25,26,27,28). The summed E-state index contributed by atoms with van der Waals surface area (Å²) in [5, 5.41) is 6.60. The molecule has 4 aromatic rings. The number of fused-ring (bicyclic) bond motifs is 1. The molecule has 0 saturated carbocycles. The SMILES string of the molecule is COCCCOc1ccc(Nc2nc(NCc3ccccc3)c3[nH]cnc3n2)cc1. The molecule has 0 fully saturated rings. The zero-order chi connectivity index (χ0) is 20.6. The lowest BCUT2D eigenvalue weighted by Gasteiger charge is -2.10. The highest BCUT2D eigenvalue weighted by atomic mass is 16.5. The summed E-state index contributed by atoms with van der Waals surface area (Å²) < 4.78 is 10.7. The van der Waals surface area contributed by atoms with Gasteiger partial charge in [0.2, 0.25) is 5.95 Å².